The molecule has 5 heteroatoms. The van der Waals surface area contributed by atoms with Crippen molar-refractivity contribution in [1.82, 2.24) is 5.32 Å². The smallest absolute Gasteiger partial charge is 0.251 e. The summed E-state index contributed by atoms with van der Waals surface area (Å²) >= 11 is 7.66. The highest BCUT2D eigenvalue weighted by molar-refractivity contribution is 7.19. The normalized spacial score (nSPS) is 11.0. The number of carbonyl (C=O) groups is 1. The first kappa shape index (κ1) is 19.6. The van der Waals surface area contributed by atoms with Crippen LogP contribution in [0.25, 0.3) is 21.2 Å². The fraction of sp³-hybridized carbons (Fsp3) is 0.0833. The molecular weight excluding hydrogens is 405 g/mol. The van der Waals surface area contributed by atoms with Gasteiger partial charge in [-0.15, -0.1) is 11.3 Å². The predicted molar refractivity (Wildman–Crippen MR) is 119 cm³/mol. The fourth-order valence-electron chi connectivity index (χ4n) is 3.39. The van der Waals surface area contributed by atoms with Crippen molar-refractivity contribution in [2.24, 2.45) is 0 Å². The third kappa shape index (κ3) is 4.34. The Bertz CT molecular complexity index is 1180. The van der Waals surface area contributed by atoms with E-state index in [1.54, 1.807) is 23.5 Å². The highest BCUT2D eigenvalue weighted by atomic mass is 35.5. The Hall–Kier alpha value is -2.69. The van der Waals surface area contributed by atoms with Crippen molar-refractivity contribution < 1.29 is 9.18 Å². The van der Waals surface area contributed by atoms with Crippen molar-refractivity contribution in [3.63, 3.8) is 0 Å². The molecule has 0 spiro atoms. The van der Waals surface area contributed by atoms with Crippen molar-refractivity contribution in [2.75, 3.05) is 6.54 Å². The van der Waals surface area contributed by atoms with Gasteiger partial charge in [0.2, 0.25) is 0 Å². The van der Waals surface area contributed by atoms with Gasteiger partial charge in [-0.25, -0.2) is 4.39 Å². The summed E-state index contributed by atoms with van der Waals surface area (Å²) in [7, 11) is 0. The van der Waals surface area contributed by atoms with Crippen LogP contribution in [0.4, 0.5) is 4.39 Å². The number of fused-ring (bicyclic) bond motifs is 1. The van der Waals surface area contributed by atoms with E-state index in [9.17, 15) is 9.18 Å². The Morgan fingerprint density at radius 2 is 1.90 bits per heavy atom. The van der Waals surface area contributed by atoms with Gasteiger partial charge in [0.25, 0.3) is 5.91 Å². The molecule has 1 amide bonds. The van der Waals surface area contributed by atoms with Crippen LogP contribution in [0.15, 0.2) is 66.7 Å². The molecule has 0 unspecified atom stereocenters. The van der Waals surface area contributed by atoms with E-state index in [1.165, 1.54) is 12.1 Å². The second-order valence-corrected chi connectivity index (χ2v) is 8.30. The molecule has 1 radical (unpaired) electrons. The Labute approximate surface area is 178 Å². The first-order valence-corrected chi connectivity index (χ1v) is 10.4. The van der Waals surface area contributed by atoms with Gasteiger partial charge in [0.05, 0.1) is 0 Å². The van der Waals surface area contributed by atoms with Crippen molar-refractivity contribution in [2.45, 2.75) is 6.42 Å². The van der Waals surface area contributed by atoms with Gasteiger partial charge in [0.1, 0.15) is 5.82 Å². The van der Waals surface area contributed by atoms with Crippen LogP contribution in [0.5, 0.6) is 0 Å². The first-order valence-electron chi connectivity index (χ1n) is 9.18. The van der Waals surface area contributed by atoms with Crippen LogP contribution in [0.2, 0.25) is 5.02 Å². The minimum atomic E-state index is -0.327. The summed E-state index contributed by atoms with van der Waals surface area (Å²) in [6.45, 7) is 4.00. The third-order valence-corrected chi connectivity index (χ3v) is 6.02. The van der Waals surface area contributed by atoms with Gasteiger partial charge in [-0.3, -0.25) is 4.79 Å². The lowest BCUT2D eigenvalue weighted by Crippen LogP contribution is -2.22. The quantitative estimate of drug-likeness (QED) is 0.390. The van der Waals surface area contributed by atoms with Crippen LogP contribution in [0, 0.1) is 12.7 Å². The number of rotatable bonds is 5. The molecule has 2 nitrogen and oxygen atoms in total. The zero-order valence-electron chi connectivity index (χ0n) is 15.5. The van der Waals surface area contributed by atoms with E-state index in [0.717, 1.165) is 31.7 Å². The van der Waals surface area contributed by atoms with E-state index in [-0.39, 0.29) is 11.7 Å². The molecule has 0 bridgehead atoms. The fourth-order valence-corrected chi connectivity index (χ4v) is 4.86. The Balaban J connectivity index is 1.72. The summed E-state index contributed by atoms with van der Waals surface area (Å²) in [6, 6.07) is 20.5. The number of amides is 1. The van der Waals surface area contributed by atoms with Gasteiger partial charge in [-0.1, -0.05) is 41.9 Å². The maximum atomic E-state index is 13.7. The molecule has 1 heterocycles. The molecule has 0 aliphatic heterocycles. The van der Waals surface area contributed by atoms with Crippen LogP contribution >= 0.6 is 22.9 Å². The largest absolute Gasteiger partial charge is 0.352 e. The van der Waals surface area contributed by atoms with Crippen molar-refractivity contribution in [3.05, 3.63) is 100 Å². The van der Waals surface area contributed by atoms with Crippen LogP contribution in [0.1, 0.15) is 20.8 Å². The van der Waals surface area contributed by atoms with Gasteiger partial charge in [-0.2, -0.15) is 0 Å². The average Bonchev–Trinajstić information content (AvgIpc) is 3.09. The van der Waals surface area contributed by atoms with Crippen LogP contribution in [0.3, 0.4) is 0 Å². The SMILES string of the molecule is [CH2]CNC(=O)c1cccc(-c2cccc3cc(Cc4cc(F)cc(Cl)c4)sc23)c1. The van der Waals surface area contributed by atoms with Crippen molar-refractivity contribution >= 4 is 38.9 Å². The molecule has 0 atom stereocenters. The number of halogens is 2. The van der Waals surface area contributed by atoms with Gasteiger partial charge in [0, 0.05) is 33.1 Å². The molecule has 3 aromatic carbocycles. The van der Waals surface area contributed by atoms with Crippen molar-refractivity contribution in [1.29, 1.82) is 0 Å². The molecule has 0 fully saturated rings. The van der Waals surface area contributed by atoms with Crippen LogP contribution < -0.4 is 5.32 Å². The third-order valence-electron chi connectivity index (χ3n) is 4.62. The van der Waals surface area contributed by atoms with Gasteiger partial charge in [0.15, 0.2) is 0 Å². The lowest BCUT2D eigenvalue weighted by molar-refractivity contribution is 0.0958. The Morgan fingerprint density at radius 3 is 2.69 bits per heavy atom. The van der Waals surface area contributed by atoms with E-state index in [1.807, 2.05) is 24.3 Å². The van der Waals surface area contributed by atoms with Gasteiger partial charge < -0.3 is 5.32 Å². The zero-order valence-corrected chi connectivity index (χ0v) is 17.1. The Kier molecular flexibility index (Phi) is 5.65. The number of carbonyl (C=O) groups excluding carboxylic acids is 1. The number of benzene rings is 3. The number of nitrogens with one attached hydrogen (secondary N) is 1. The molecule has 1 aromatic heterocycles. The summed E-state index contributed by atoms with van der Waals surface area (Å²) in [4.78, 5) is 13.3. The average molecular weight is 423 g/mol. The minimum Gasteiger partial charge on any atom is -0.352 e. The van der Waals surface area contributed by atoms with Crippen LogP contribution in [-0.4, -0.2) is 12.5 Å². The molecule has 0 saturated heterocycles. The van der Waals surface area contributed by atoms with E-state index in [2.05, 4.69) is 30.4 Å². The number of hydrogen-bond donors (Lipinski definition) is 1. The topological polar surface area (TPSA) is 29.1 Å². The van der Waals surface area contributed by atoms with E-state index >= 15 is 0 Å². The van der Waals surface area contributed by atoms with E-state index in [0.29, 0.717) is 23.6 Å². The molecule has 4 rings (SSSR count). The van der Waals surface area contributed by atoms with E-state index < -0.39 is 0 Å². The summed E-state index contributed by atoms with van der Waals surface area (Å²) in [5, 5.41) is 4.25. The summed E-state index contributed by atoms with van der Waals surface area (Å²) in [6.07, 6.45) is 0.613. The summed E-state index contributed by atoms with van der Waals surface area (Å²) < 4.78 is 14.8. The zero-order chi connectivity index (χ0) is 20.4. The lowest BCUT2D eigenvalue weighted by atomic mass is 10.0. The molecule has 0 saturated carbocycles. The first-order chi connectivity index (χ1) is 14.0. The number of thiophene rings is 1. The predicted octanol–water partition coefficient (Wildman–Crippen LogP) is 6.52. The second-order valence-electron chi connectivity index (χ2n) is 6.73. The maximum Gasteiger partial charge on any atom is 0.251 e. The maximum absolute atomic E-state index is 13.7. The molecule has 4 aromatic rings. The standard InChI is InChI=1S/C24H18ClFNOS/c1-2-27-24(28)18-7-3-5-16(12-18)22-8-4-6-17-13-21(29-23(17)22)11-15-9-19(25)14-20(26)10-15/h3-10,12-14H,1-2,11H2,(H,27,28). The lowest BCUT2D eigenvalue weighted by Gasteiger charge is -2.07. The summed E-state index contributed by atoms with van der Waals surface area (Å²) in [5.74, 6) is -0.462. The highest BCUT2D eigenvalue weighted by Crippen LogP contribution is 2.36. The molecule has 0 aliphatic carbocycles. The number of hydrogen-bond acceptors (Lipinski definition) is 2. The van der Waals surface area contributed by atoms with Gasteiger partial charge >= 0.3 is 0 Å². The highest BCUT2D eigenvalue weighted by Gasteiger charge is 2.12. The second kappa shape index (κ2) is 8.36. The minimum absolute atomic E-state index is 0.135. The monoisotopic (exact) mass is 422 g/mol. The molecule has 0 aliphatic rings. The molecular formula is C24H18ClFNOS. The van der Waals surface area contributed by atoms with E-state index in [4.69, 9.17) is 11.6 Å². The molecule has 1 N–H and O–H groups in total. The van der Waals surface area contributed by atoms with Crippen LogP contribution in [-0.2, 0) is 6.42 Å². The summed E-state index contributed by atoms with van der Waals surface area (Å²) in [5.41, 5.74) is 3.50. The molecule has 145 valence electrons. The van der Waals surface area contributed by atoms with Crippen molar-refractivity contribution in [3.8, 4) is 11.1 Å². The molecule has 29 heavy (non-hydrogen) atoms. The Morgan fingerprint density at radius 1 is 1.07 bits per heavy atom. The van der Waals surface area contributed by atoms with Gasteiger partial charge in [-0.05, 0) is 65.4 Å².